The van der Waals surface area contributed by atoms with Gasteiger partial charge in [0.15, 0.2) is 0 Å². The number of hydrogen-bond acceptors (Lipinski definition) is 2. The normalized spacial score (nSPS) is 16.0. The topological polar surface area (TPSA) is 21.6 Å². The van der Waals surface area contributed by atoms with Crippen LogP contribution in [0.4, 0.5) is 5.69 Å². The molecular formula is C14H19NO. The Kier molecular flexibility index (Phi) is 3.60. The summed E-state index contributed by atoms with van der Waals surface area (Å²) in [5, 5.41) is 0. The molecule has 0 atom stereocenters. The zero-order valence-corrected chi connectivity index (χ0v) is 10.1. The highest BCUT2D eigenvalue weighted by Gasteiger charge is 2.07. The molecule has 0 aromatic heterocycles. The Hall–Kier alpha value is -1.31. The second-order valence-electron chi connectivity index (χ2n) is 4.39. The van der Waals surface area contributed by atoms with Gasteiger partial charge in [-0.15, -0.1) is 0 Å². The van der Waals surface area contributed by atoms with E-state index in [2.05, 4.69) is 13.0 Å². The number of benzene rings is 1. The summed E-state index contributed by atoms with van der Waals surface area (Å²) < 4.78 is 5.19. The second-order valence-corrected chi connectivity index (χ2v) is 4.39. The smallest absolute Gasteiger partial charge is 0.119 e. The molecule has 0 radical (unpaired) electrons. The zero-order chi connectivity index (χ0) is 11.4. The molecule has 1 aromatic carbocycles. The first-order chi connectivity index (χ1) is 7.79. The van der Waals surface area contributed by atoms with E-state index in [1.807, 2.05) is 12.1 Å². The molecule has 1 aromatic rings. The van der Waals surface area contributed by atoms with Gasteiger partial charge >= 0.3 is 0 Å². The molecule has 0 heterocycles. The van der Waals surface area contributed by atoms with Crippen LogP contribution < -0.4 is 4.74 Å². The van der Waals surface area contributed by atoms with Crippen LogP contribution in [-0.2, 0) is 0 Å². The average Bonchev–Trinajstić information content (AvgIpc) is 2.33. The lowest BCUT2D eigenvalue weighted by molar-refractivity contribution is 0.414. The molecule has 1 saturated carbocycles. The molecule has 0 N–H and O–H groups in total. The molecule has 2 rings (SSSR count). The molecular weight excluding hydrogens is 198 g/mol. The SMILES string of the molecule is COc1ccc(N=C2CCCCC2)c(C)c1. The van der Waals surface area contributed by atoms with E-state index >= 15 is 0 Å². The molecule has 0 saturated heterocycles. The average molecular weight is 217 g/mol. The number of rotatable bonds is 2. The van der Waals surface area contributed by atoms with Crippen LogP contribution in [0.15, 0.2) is 23.2 Å². The molecule has 0 spiro atoms. The Morgan fingerprint density at radius 1 is 1.12 bits per heavy atom. The summed E-state index contributed by atoms with van der Waals surface area (Å²) in [4.78, 5) is 4.75. The number of nitrogens with zero attached hydrogens (tertiary/aromatic N) is 1. The van der Waals surface area contributed by atoms with Crippen LogP contribution in [0.2, 0.25) is 0 Å². The number of ether oxygens (including phenoxy) is 1. The number of hydrogen-bond donors (Lipinski definition) is 0. The van der Waals surface area contributed by atoms with Crippen molar-refractivity contribution in [2.24, 2.45) is 4.99 Å². The lowest BCUT2D eigenvalue weighted by Gasteiger charge is -2.13. The quantitative estimate of drug-likeness (QED) is 0.732. The third-order valence-corrected chi connectivity index (χ3v) is 3.11. The molecule has 2 heteroatoms. The molecule has 2 nitrogen and oxygen atoms in total. The van der Waals surface area contributed by atoms with E-state index in [-0.39, 0.29) is 0 Å². The van der Waals surface area contributed by atoms with Crippen molar-refractivity contribution in [1.29, 1.82) is 0 Å². The summed E-state index contributed by atoms with van der Waals surface area (Å²) >= 11 is 0. The highest BCUT2D eigenvalue weighted by molar-refractivity contribution is 5.87. The summed E-state index contributed by atoms with van der Waals surface area (Å²) in [5.74, 6) is 0.907. The first-order valence-electron chi connectivity index (χ1n) is 6.00. The first kappa shape index (κ1) is 11.2. The highest BCUT2D eigenvalue weighted by atomic mass is 16.5. The van der Waals surface area contributed by atoms with Crippen LogP contribution >= 0.6 is 0 Å². The number of aryl methyl sites for hydroxylation is 1. The monoisotopic (exact) mass is 217 g/mol. The lowest BCUT2D eigenvalue weighted by Crippen LogP contribution is -2.03. The van der Waals surface area contributed by atoms with Gasteiger partial charge in [0.1, 0.15) is 5.75 Å². The van der Waals surface area contributed by atoms with Gasteiger partial charge in [0.05, 0.1) is 12.8 Å². The largest absolute Gasteiger partial charge is 0.497 e. The Labute approximate surface area is 97.4 Å². The second kappa shape index (κ2) is 5.15. The van der Waals surface area contributed by atoms with E-state index in [0.717, 1.165) is 11.4 Å². The third kappa shape index (κ3) is 2.63. The van der Waals surface area contributed by atoms with Crippen molar-refractivity contribution >= 4 is 11.4 Å². The van der Waals surface area contributed by atoms with Crippen LogP contribution in [0.25, 0.3) is 0 Å². The predicted octanol–water partition coefficient (Wildman–Crippen LogP) is 4.04. The van der Waals surface area contributed by atoms with Crippen LogP contribution in [0.3, 0.4) is 0 Å². The van der Waals surface area contributed by atoms with E-state index in [9.17, 15) is 0 Å². The fraction of sp³-hybridized carbons (Fsp3) is 0.500. The molecule has 1 fully saturated rings. The molecule has 0 bridgehead atoms. The van der Waals surface area contributed by atoms with E-state index < -0.39 is 0 Å². The van der Waals surface area contributed by atoms with Gasteiger partial charge in [-0.2, -0.15) is 0 Å². The van der Waals surface area contributed by atoms with Gasteiger partial charge in [0, 0.05) is 5.71 Å². The predicted molar refractivity (Wildman–Crippen MR) is 67.9 cm³/mol. The lowest BCUT2D eigenvalue weighted by atomic mass is 9.98. The summed E-state index contributed by atoms with van der Waals surface area (Å²) in [6, 6.07) is 6.08. The number of methoxy groups -OCH3 is 1. The van der Waals surface area contributed by atoms with Crippen LogP contribution in [0, 0.1) is 6.92 Å². The molecule has 1 aliphatic carbocycles. The first-order valence-corrected chi connectivity index (χ1v) is 6.00. The minimum Gasteiger partial charge on any atom is -0.497 e. The van der Waals surface area contributed by atoms with Gasteiger partial charge in [-0.05, 0) is 56.4 Å². The Morgan fingerprint density at radius 2 is 1.88 bits per heavy atom. The fourth-order valence-corrected chi connectivity index (χ4v) is 2.12. The van der Waals surface area contributed by atoms with Crippen molar-refractivity contribution in [2.45, 2.75) is 39.0 Å². The summed E-state index contributed by atoms with van der Waals surface area (Å²) in [6.07, 6.45) is 6.31. The van der Waals surface area contributed by atoms with Crippen LogP contribution in [-0.4, -0.2) is 12.8 Å². The van der Waals surface area contributed by atoms with Gasteiger partial charge in [-0.1, -0.05) is 6.42 Å². The van der Waals surface area contributed by atoms with Crippen molar-refractivity contribution in [3.8, 4) is 5.75 Å². The molecule has 16 heavy (non-hydrogen) atoms. The molecule has 1 aliphatic rings. The van der Waals surface area contributed by atoms with Crippen molar-refractivity contribution in [2.75, 3.05) is 7.11 Å². The van der Waals surface area contributed by atoms with Crippen molar-refractivity contribution in [1.82, 2.24) is 0 Å². The zero-order valence-electron chi connectivity index (χ0n) is 10.1. The molecule has 0 amide bonds. The van der Waals surface area contributed by atoms with Gasteiger partial charge < -0.3 is 4.74 Å². The van der Waals surface area contributed by atoms with Crippen molar-refractivity contribution in [3.63, 3.8) is 0 Å². The Balaban J connectivity index is 2.20. The minimum atomic E-state index is 0.907. The summed E-state index contributed by atoms with van der Waals surface area (Å²) in [5.41, 5.74) is 3.65. The highest BCUT2D eigenvalue weighted by Crippen LogP contribution is 2.26. The molecule has 86 valence electrons. The molecule has 0 aliphatic heterocycles. The maximum absolute atomic E-state index is 5.19. The van der Waals surface area contributed by atoms with Crippen molar-refractivity contribution in [3.05, 3.63) is 23.8 Å². The minimum absolute atomic E-state index is 0.907. The van der Waals surface area contributed by atoms with Gasteiger partial charge in [0.25, 0.3) is 0 Å². The Morgan fingerprint density at radius 3 is 2.50 bits per heavy atom. The Bertz CT molecular complexity index is 388. The van der Waals surface area contributed by atoms with Crippen molar-refractivity contribution < 1.29 is 4.74 Å². The maximum Gasteiger partial charge on any atom is 0.119 e. The van der Waals surface area contributed by atoms with Crippen LogP contribution in [0.1, 0.15) is 37.7 Å². The van der Waals surface area contributed by atoms with Gasteiger partial charge in [-0.3, -0.25) is 4.99 Å². The fourth-order valence-electron chi connectivity index (χ4n) is 2.12. The van der Waals surface area contributed by atoms with Crippen LogP contribution in [0.5, 0.6) is 5.75 Å². The standard InChI is InChI=1S/C14H19NO/c1-11-10-13(16-2)8-9-14(11)15-12-6-4-3-5-7-12/h8-10H,3-7H2,1-2H3. The third-order valence-electron chi connectivity index (χ3n) is 3.11. The van der Waals surface area contributed by atoms with E-state index in [1.165, 1.54) is 43.4 Å². The van der Waals surface area contributed by atoms with Gasteiger partial charge in [0.2, 0.25) is 0 Å². The summed E-state index contributed by atoms with van der Waals surface area (Å²) in [7, 11) is 1.70. The summed E-state index contributed by atoms with van der Waals surface area (Å²) in [6.45, 7) is 2.09. The van der Waals surface area contributed by atoms with E-state index in [0.29, 0.717) is 0 Å². The van der Waals surface area contributed by atoms with E-state index in [1.54, 1.807) is 7.11 Å². The van der Waals surface area contributed by atoms with Gasteiger partial charge in [-0.25, -0.2) is 0 Å². The molecule has 0 unspecified atom stereocenters. The maximum atomic E-state index is 5.19. The van der Waals surface area contributed by atoms with E-state index in [4.69, 9.17) is 9.73 Å². The number of aliphatic imine (C=N–C) groups is 1.